The van der Waals surface area contributed by atoms with E-state index in [-0.39, 0.29) is 11.2 Å². The average Bonchev–Trinajstić information content (AvgIpc) is 2.55. The molecule has 2 rings (SSSR count). The highest BCUT2D eigenvalue weighted by Gasteiger charge is 2.46. The van der Waals surface area contributed by atoms with Gasteiger partial charge in [-0.1, -0.05) is 11.8 Å². The Kier molecular flexibility index (Phi) is 3.14. The van der Waals surface area contributed by atoms with Gasteiger partial charge in [-0.15, -0.1) is 0 Å². The molecule has 0 aromatic heterocycles. The Hall–Kier alpha value is -1.07. The van der Waals surface area contributed by atoms with E-state index in [1.54, 1.807) is 29.2 Å². The number of nitrogens with two attached hydrogens (primary N) is 1. The van der Waals surface area contributed by atoms with E-state index in [1.807, 2.05) is 13.8 Å². The van der Waals surface area contributed by atoms with E-state index < -0.39 is 16.8 Å². The molecule has 0 amide bonds. The molecule has 2 atom stereocenters. The quantitative estimate of drug-likeness (QED) is 0.811. The van der Waals surface area contributed by atoms with Crippen molar-refractivity contribution in [3.05, 3.63) is 35.6 Å². The second kappa shape index (κ2) is 4.31. The van der Waals surface area contributed by atoms with Crippen LogP contribution in [0.4, 0.5) is 4.39 Å². The van der Waals surface area contributed by atoms with E-state index in [1.165, 1.54) is 12.1 Å². The van der Waals surface area contributed by atoms with Crippen LogP contribution in [-0.4, -0.2) is 16.8 Å². The number of carboxylic acid groups (broad SMARTS) is 1. The van der Waals surface area contributed by atoms with Crippen molar-refractivity contribution in [2.75, 3.05) is 0 Å². The van der Waals surface area contributed by atoms with Crippen LogP contribution in [0.1, 0.15) is 24.8 Å². The fourth-order valence-electron chi connectivity index (χ4n) is 2.04. The van der Waals surface area contributed by atoms with Gasteiger partial charge in [-0.25, -0.2) is 4.39 Å². The molecular formula is C12H14FNO2S. The Balaban J connectivity index is 2.21. The van der Waals surface area contributed by atoms with Crippen LogP contribution in [0.5, 0.6) is 0 Å². The van der Waals surface area contributed by atoms with E-state index in [0.717, 1.165) is 5.56 Å². The molecule has 1 aliphatic heterocycles. The molecule has 1 aromatic rings. The van der Waals surface area contributed by atoms with Gasteiger partial charge in [0.1, 0.15) is 17.8 Å². The van der Waals surface area contributed by atoms with Crippen molar-refractivity contribution in [2.24, 2.45) is 0 Å². The van der Waals surface area contributed by atoms with Crippen LogP contribution in [0.3, 0.4) is 0 Å². The third kappa shape index (κ3) is 2.45. The number of carbonyl (C=O) groups excluding carboxylic acids is 1. The molecule has 0 radical (unpaired) electrons. The van der Waals surface area contributed by atoms with Crippen molar-refractivity contribution in [3.63, 3.8) is 0 Å². The lowest BCUT2D eigenvalue weighted by molar-refractivity contribution is -0.695. The number of benzene rings is 1. The first-order valence-electron chi connectivity index (χ1n) is 5.39. The standard InChI is InChI=1S/C12H14FNO2S/c1-12(2)9(11(15)16)14-10(17-12)7-3-5-8(13)6-4-7/h3-6,9-10,14H,1-2H3,(H,15,16)/t9-,10+/m0/s1. The van der Waals surface area contributed by atoms with Crippen molar-refractivity contribution >= 4 is 17.7 Å². The fraction of sp³-hybridized carbons (Fsp3) is 0.417. The molecule has 0 spiro atoms. The molecule has 92 valence electrons. The summed E-state index contributed by atoms with van der Waals surface area (Å²) in [5.74, 6) is -1.33. The highest BCUT2D eigenvalue weighted by molar-refractivity contribution is 8.00. The van der Waals surface area contributed by atoms with Crippen molar-refractivity contribution in [1.29, 1.82) is 0 Å². The number of carboxylic acids is 1. The molecule has 0 bridgehead atoms. The zero-order valence-electron chi connectivity index (χ0n) is 9.64. The van der Waals surface area contributed by atoms with Crippen molar-refractivity contribution in [3.8, 4) is 0 Å². The molecule has 2 N–H and O–H groups in total. The predicted molar refractivity (Wildman–Crippen MR) is 61.5 cm³/mol. The number of thioether (sulfide) groups is 1. The summed E-state index contributed by atoms with van der Waals surface area (Å²) in [4.78, 5) is 11.0. The molecule has 0 saturated carbocycles. The summed E-state index contributed by atoms with van der Waals surface area (Å²) in [6.07, 6.45) is 0. The SMILES string of the molecule is CC1(C)S[C@H](c2ccc(F)cc2)[NH2+][C@H]1C(=O)[O-]. The Morgan fingerprint density at radius 2 is 2.00 bits per heavy atom. The van der Waals surface area contributed by atoms with Gasteiger partial charge in [0.15, 0.2) is 5.37 Å². The maximum atomic E-state index is 12.8. The first-order chi connectivity index (χ1) is 7.90. The molecule has 0 aliphatic carbocycles. The number of rotatable bonds is 2. The first-order valence-corrected chi connectivity index (χ1v) is 6.27. The van der Waals surface area contributed by atoms with Gasteiger partial charge < -0.3 is 15.2 Å². The van der Waals surface area contributed by atoms with Crippen LogP contribution < -0.4 is 10.4 Å². The summed E-state index contributed by atoms with van der Waals surface area (Å²) in [5.41, 5.74) is 0.924. The minimum atomic E-state index is -1.05. The summed E-state index contributed by atoms with van der Waals surface area (Å²) >= 11 is 1.56. The normalized spacial score (nSPS) is 27.0. The number of aliphatic carboxylic acids is 1. The molecular weight excluding hydrogens is 241 g/mol. The van der Waals surface area contributed by atoms with Crippen LogP contribution in [0, 0.1) is 5.82 Å². The van der Waals surface area contributed by atoms with Crippen LogP contribution in [0.15, 0.2) is 24.3 Å². The Morgan fingerprint density at radius 3 is 2.47 bits per heavy atom. The van der Waals surface area contributed by atoms with Gasteiger partial charge in [-0.2, -0.15) is 0 Å². The van der Waals surface area contributed by atoms with Crippen LogP contribution >= 0.6 is 11.8 Å². The first kappa shape index (κ1) is 12.4. The molecule has 1 heterocycles. The number of halogens is 1. The molecule has 0 unspecified atom stereocenters. The van der Waals surface area contributed by atoms with Crippen molar-refractivity contribution in [2.45, 2.75) is 30.0 Å². The highest BCUT2D eigenvalue weighted by Crippen LogP contribution is 2.40. The molecule has 17 heavy (non-hydrogen) atoms. The van der Waals surface area contributed by atoms with E-state index in [4.69, 9.17) is 0 Å². The number of hydrogen-bond acceptors (Lipinski definition) is 3. The minimum absolute atomic E-state index is 0.0199. The Morgan fingerprint density at radius 1 is 1.41 bits per heavy atom. The maximum Gasteiger partial charge on any atom is 0.160 e. The maximum absolute atomic E-state index is 12.8. The fourth-order valence-corrected chi connectivity index (χ4v) is 3.55. The number of quaternary nitrogens is 1. The second-order valence-corrected chi connectivity index (χ2v) is 6.48. The monoisotopic (exact) mass is 255 g/mol. The summed E-state index contributed by atoms with van der Waals surface area (Å²) in [7, 11) is 0. The number of carbonyl (C=O) groups is 1. The third-order valence-corrected chi connectivity index (χ3v) is 4.54. The molecule has 1 aromatic carbocycles. The molecule has 5 heteroatoms. The summed E-state index contributed by atoms with van der Waals surface area (Å²) in [5, 5.41) is 12.8. The second-order valence-electron chi connectivity index (χ2n) is 4.68. The van der Waals surface area contributed by atoms with Crippen LogP contribution in [-0.2, 0) is 4.79 Å². The van der Waals surface area contributed by atoms with Gasteiger partial charge in [0.25, 0.3) is 0 Å². The van der Waals surface area contributed by atoms with E-state index >= 15 is 0 Å². The molecule has 1 aliphatic rings. The third-order valence-electron chi connectivity index (χ3n) is 3.00. The topological polar surface area (TPSA) is 56.7 Å². The van der Waals surface area contributed by atoms with Gasteiger partial charge in [0, 0.05) is 5.56 Å². The largest absolute Gasteiger partial charge is 0.544 e. The lowest BCUT2D eigenvalue weighted by Crippen LogP contribution is -2.92. The molecule has 1 saturated heterocycles. The Labute approximate surface area is 103 Å². The summed E-state index contributed by atoms with van der Waals surface area (Å²) in [6, 6.07) is 5.59. The van der Waals surface area contributed by atoms with Crippen LogP contribution in [0.2, 0.25) is 0 Å². The van der Waals surface area contributed by atoms with Gasteiger partial charge in [0.05, 0.1) is 4.75 Å². The zero-order valence-corrected chi connectivity index (χ0v) is 10.5. The van der Waals surface area contributed by atoms with Crippen LogP contribution in [0.25, 0.3) is 0 Å². The van der Waals surface area contributed by atoms with Gasteiger partial charge >= 0.3 is 0 Å². The van der Waals surface area contributed by atoms with Crippen molar-refractivity contribution in [1.82, 2.24) is 0 Å². The smallest absolute Gasteiger partial charge is 0.160 e. The Bertz CT molecular complexity index is 433. The van der Waals surface area contributed by atoms with E-state index in [0.29, 0.717) is 0 Å². The number of hydrogen-bond donors (Lipinski definition) is 1. The summed E-state index contributed by atoms with van der Waals surface area (Å²) in [6.45, 7) is 3.77. The zero-order chi connectivity index (χ0) is 12.6. The summed E-state index contributed by atoms with van der Waals surface area (Å²) < 4.78 is 12.4. The molecule has 1 fully saturated rings. The van der Waals surface area contributed by atoms with Gasteiger partial charge in [-0.3, -0.25) is 0 Å². The highest BCUT2D eigenvalue weighted by atomic mass is 32.2. The average molecular weight is 255 g/mol. The van der Waals surface area contributed by atoms with Gasteiger partial charge in [0.2, 0.25) is 0 Å². The lowest BCUT2D eigenvalue weighted by atomic mass is 10.0. The van der Waals surface area contributed by atoms with Crippen molar-refractivity contribution < 1.29 is 19.6 Å². The molecule has 3 nitrogen and oxygen atoms in total. The van der Waals surface area contributed by atoms with E-state index in [2.05, 4.69) is 0 Å². The van der Waals surface area contributed by atoms with Gasteiger partial charge in [-0.05, 0) is 38.1 Å². The predicted octanol–water partition coefficient (Wildman–Crippen LogP) is 0.0316. The minimum Gasteiger partial charge on any atom is -0.544 e. The lowest BCUT2D eigenvalue weighted by Gasteiger charge is -2.21. The van der Waals surface area contributed by atoms with E-state index in [9.17, 15) is 14.3 Å².